The minimum atomic E-state index is -0.574. The summed E-state index contributed by atoms with van der Waals surface area (Å²) in [7, 11) is 0. The first kappa shape index (κ1) is 19.9. The molecule has 1 aliphatic rings. The van der Waals surface area contributed by atoms with Crippen LogP contribution in [0.2, 0.25) is 5.02 Å². The third-order valence-corrected chi connectivity index (χ3v) is 5.42. The summed E-state index contributed by atoms with van der Waals surface area (Å²) >= 11 is 6.77. The molecule has 5 nitrogen and oxygen atoms in total. The smallest absolute Gasteiger partial charge is 0.234 e. The number of nitrogens with zero attached hydrogens (tertiary/aromatic N) is 1. The number of thioether (sulfide) groups is 1. The van der Waals surface area contributed by atoms with Crippen LogP contribution >= 0.6 is 23.4 Å². The van der Waals surface area contributed by atoms with Crippen LogP contribution < -0.4 is 10.6 Å². The van der Waals surface area contributed by atoms with Gasteiger partial charge in [-0.3, -0.25) is 9.59 Å². The van der Waals surface area contributed by atoms with E-state index in [0.29, 0.717) is 16.3 Å². The van der Waals surface area contributed by atoms with E-state index in [1.54, 1.807) is 0 Å². The maximum absolute atomic E-state index is 13.2. The van der Waals surface area contributed by atoms with Crippen LogP contribution in [0.3, 0.4) is 0 Å². The molecule has 2 aromatic carbocycles. The Balaban J connectivity index is 1.73. The number of carbonyl (C=O) groups excluding carboxylic acids is 2. The number of carbonyl (C=O) groups is 2. The van der Waals surface area contributed by atoms with E-state index >= 15 is 0 Å². The topological polar surface area (TPSA) is 82.0 Å². The summed E-state index contributed by atoms with van der Waals surface area (Å²) in [5.74, 6) is -1.53. The molecule has 0 bridgehead atoms. The van der Waals surface area contributed by atoms with Gasteiger partial charge in [0.05, 0.1) is 27.4 Å². The van der Waals surface area contributed by atoms with E-state index in [0.717, 1.165) is 23.4 Å². The number of hydrogen-bond acceptors (Lipinski definition) is 4. The molecule has 2 aromatic rings. The molecule has 0 spiro atoms. The molecule has 0 fully saturated rings. The summed E-state index contributed by atoms with van der Waals surface area (Å²) in [5, 5.41) is 15.2. The molecule has 3 rings (SSSR count). The van der Waals surface area contributed by atoms with Gasteiger partial charge < -0.3 is 10.6 Å². The third-order valence-electron chi connectivity index (χ3n) is 4.11. The predicted octanol–water partition coefficient (Wildman–Crippen LogP) is 4.19. The van der Waals surface area contributed by atoms with Crippen LogP contribution in [-0.4, -0.2) is 17.6 Å². The Morgan fingerprint density at radius 2 is 2.07 bits per heavy atom. The van der Waals surface area contributed by atoms with Crippen molar-refractivity contribution >= 4 is 40.9 Å². The lowest BCUT2D eigenvalue weighted by Gasteiger charge is -2.25. The number of nitriles is 1. The Morgan fingerprint density at radius 1 is 1.32 bits per heavy atom. The number of allylic oxidation sites excluding steroid dienone is 1. The molecule has 1 heterocycles. The van der Waals surface area contributed by atoms with Gasteiger partial charge in [-0.05, 0) is 23.8 Å². The number of rotatable bonds is 5. The summed E-state index contributed by atoms with van der Waals surface area (Å²) in [6.07, 6.45) is 0.178. The molecule has 0 aromatic heterocycles. The summed E-state index contributed by atoms with van der Waals surface area (Å²) in [6, 6.07) is 15.3. The largest absolute Gasteiger partial charge is 0.325 e. The average molecular weight is 416 g/mol. The van der Waals surface area contributed by atoms with Crippen molar-refractivity contribution in [2.75, 3.05) is 11.1 Å². The van der Waals surface area contributed by atoms with Gasteiger partial charge in [-0.2, -0.15) is 5.26 Å². The van der Waals surface area contributed by atoms with E-state index in [1.165, 1.54) is 12.1 Å². The molecular formula is C20H15ClFN3O2S. The first-order valence-electron chi connectivity index (χ1n) is 8.34. The van der Waals surface area contributed by atoms with Crippen molar-refractivity contribution in [2.45, 2.75) is 12.3 Å². The molecule has 0 saturated carbocycles. The van der Waals surface area contributed by atoms with Crippen molar-refractivity contribution < 1.29 is 14.0 Å². The normalized spacial score (nSPS) is 16.3. The fraction of sp³-hybridized carbons (Fsp3) is 0.150. The Bertz CT molecular complexity index is 989. The van der Waals surface area contributed by atoms with E-state index < -0.39 is 5.82 Å². The zero-order valence-electron chi connectivity index (χ0n) is 14.5. The highest BCUT2D eigenvalue weighted by atomic mass is 35.5. The van der Waals surface area contributed by atoms with Gasteiger partial charge in [0.15, 0.2) is 0 Å². The Kier molecular flexibility index (Phi) is 6.34. The molecule has 28 heavy (non-hydrogen) atoms. The molecule has 2 amide bonds. The third kappa shape index (κ3) is 4.71. The maximum Gasteiger partial charge on any atom is 0.234 e. The number of halogens is 2. The number of benzene rings is 2. The minimum Gasteiger partial charge on any atom is -0.325 e. The number of nitrogens with one attached hydrogen (secondary N) is 2. The summed E-state index contributed by atoms with van der Waals surface area (Å²) in [4.78, 5) is 24.3. The van der Waals surface area contributed by atoms with Crippen molar-refractivity contribution in [3.63, 3.8) is 0 Å². The zero-order valence-corrected chi connectivity index (χ0v) is 16.1. The Labute approximate surface area is 170 Å². The molecule has 0 radical (unpaired) electrons. The van der Waals surface area contributed by atoms with Crippen LogP contribution in [0.15, 0.2) is 59.1 Å². The molecule has 2 N–H and O–H groups in total. The number of anilines is 1. The SMILES string of the molecule is N#CC1=C(SCC(=O)Nc2ccc(F)c(Cl)c2)NC(=O)C[C@@H]1c1ccccc1. The van der Waals surface area contributed by atoms with E-state index in [4.69, 9.17) is 11.6 Å². The highest BCUT2D eigenvalue weighted by Gasteiger charge is 2.29. The lowest BCUT2D eigenvalue weighted by Crippen LogP contribution is -2.31. The summed E-state index contributed by atoms with van der Waals surface area (Å²) in [5.41, 5.74) is 1.66. The van der Waals surface area contributed by atoms with E-state index in [1.807, 2.05) is 30.3 Å². The number of hydrogen-bond donors (Lipinski definition) is 2. The van der Waals surface area contributed by atoms with Crippen molar-refractivity contribution in [1.29, 1.82) is 5.26 Å². The van der Waals surface area contributed by atoms with Crippen molar-refractivity contribution in [3.05, 3.63) is 75.5 Å². The van der Waals surface area contributed by atoms with Crippen LogP contribution in [0.5, 0.6) is 0 Å². The lowest BCUT2D eigenvalue weighted by molar-refractivity contribution is -0.121. The van der Waals surface area contributed by atoms with Crippen LogP contribution in [0, 0.1) is 17.1 Å². The molecular weight excluding hydrogens is 401 g/mol. The zero-order chi connectivity index (χ0) is 20.1. The second-order valence-corrected chi connectivity index (χ2v) is 7.43. The van der Waals surface area contributed by atoms with E-state index in [9.17, 15) is 19.2 Å². The monoisotopic (exact) mass is 415 g/mol. The van der Waals surface area contributed by atoms with Crippen molar-refractivity contribution in [2.24, 2.45) is 0 Å². The van der Waals surface area contributed by atoms with Gasteiger partial charge in [-0.15, -0.1) is 0 Å². The predicted molar refractivity (Wildman–Crippen MR) is 107 cm³/mol. The van der Waals surface area contributed by atoms with Crippen LogP contribution in [-0.2, 0) is 9.59 Å². The van der Waals surface area contributed by atoms with E-state index in [-0.39, 0.29) is 34.9 Å². The van der Waals surface area contributed by atoms with E-state index in [2.05, 4.69) is 16.7 Å². The van der Waals surface area contributed by atoms with Gasteiger partial charge >= 0.3 is 0 Å². The van der Waals surface area contributed by atoms with Crippen molar-refractivity contribution in [3.8, 4) is 6.07 Å². The average Bonchev–Trinajstić information content (AvgIpc) is 2.69. The Hall–Kier alpha value is -2.82. The van der Waals surface area contributed by atoms with Crippen LogP contribution in [0.1, 0.15) is 17.9 Å². The molecule has 1 atom stereocenters. The Morgan fingerprint density at radius 3 is 2.75 bits per heavy atom. The van der Waals surface area contributed by atoms with Gasteiger partial charge in [-0.25, -0.2) is 4.39 Å². The standard InChI is InChI=1S/C20H15ClFN3O2S/c21-16-8-13(6-7-17(16)22)24-19(27)11-28-20-15(10-23)14(9-18(26)25-20)12-4-2-1-3-5-12/h1-8,14H,9,11H2,(H,24,27)(H,25,26)/t14-/m1/s1. The number of amides is 2. The van der Waals surface area contributed by atoms with Gasteiger partial charge in [0.25, 0.3) is 0 Å². The van der Waals surface area contributed by atoms with Gasteiger partial charge in [0, 0.05) is 18.0 Å². The summed E-state index contributed by atoms with van der Waals surface area (Å²) < 4.78 is 13.2. The highest BCUT2D eigenvalue weighted by molar-refractivity contribution is 8.03. The first-order chi connectivity index (χ1) is 13.5. The quantitative estimate of drug-likeness (QED) is 0.767. The fourth-order valence-corrected chi connectivity index (χ4v) is 3.87. The highest BCUT2D eigenvalue weighted by Crippen LogP contribution is 2.35. The van der Waals surface area contributed by atoms with Gasteiger partial charge in [-0.1, -0.05) is 53.7 Å². The first-order valence-corrected chi connectivity index (χ1v) is 9.71. The van der Waals surface area contributed by atoms with Crippen molar-refractivity contribution in [1.82, 2.24) is 5.32 Å². The second-order valence-electron chi connectivity index (χ2n) is 6.04. The minimum absolute atomic E-state index is 0.0305. The molecule has 8 heteroatoms. The maximum atomic E-state index is 13.2. The second kappa shape index (κ2) is 8.91. The molecule has 0 aliphatic carbocycles. The van der Waals surface area contributed by atoms with Gasteiger partial charge in [0.1, 0.15) is 5.82 Å². The molecule has 1 aliphatic heterocycles. The summed E-state index contributed by atoms with van der Waals surface area (Å²) in [6.45, 7) is 0. The van der Waals surface area contributed by atoms with Gasteiger partial charge in [0.2, 0.25) is 11.8 Å². The van der Waals surface area contributed by atoms with Crippen LogP contribution in [0.25, 0.3) is 0 Å². The molecule has 142 valence electrons. The lowest BCUT2D eigenvalue weighted by atomic mass is 9.87. The molecule has 0 unspecified atom stereocenters. The van der Waals surface area contributed by atoms with Crippen LogP contribution in [0.4, 0.5) is 10.1 Å². The fourth-order valence-electron chi connectivity index (χ4n) is 2.81. The molecule has 0 saturated heterocycles.